The van der Waals surface area contributed by atoms with Crippen molar-refractivity contribution in [3.8, 4) is 11.1 Å². The lowest BCUT2D eigenvalue weighted by Crippen LogP contribution is -2.61. The van der Waals surface area contributed by atoms with E-state index in [9.17, 15) is 0 Å². The van der Waals surface area contributed by atoms with Gasteiger partial charge >= 0.3 is 0 Å². The second kappa shape index (κ2) is 16.2. The molecule has 0 N–H and O–H groups in total. The van der Waals surface area contributed by atoms with Crippen LogP contribution in [0.25, 0.3) is 11.1 Å². The van der Waals surface area contributed by atoms with Crippen LogP contribution in [0, 0.1) is 19.7 Å². The van der Waals surface area contributed by atoms with Crippen molar-refractivity contribution in [1.82, 2.24) is 0 Å². The molecule has 0 fully saturated rings. The standard InChI is InChI=1S/C62H61BFN3/c1-40-20-12-16-24-51(40)65(52-25-17-13-21-41(52)2)46-38-57-59-58(39-46)67(56-27-19-15-23-50(56)64)55-35-33-45(62(9,10)11)37-49(55)63(59)48-36-44(61(6,7)8)32-34-54(48)66(57)53-26-18-14-22-47(53)42-28-30-43(31-29-42)60(3,4)5/h12-39H,1-11H3. The molecule has 0 spiro atoms. The molecule has 0 amide bonds. The summed E-state index contributed by atoms with van der Waals surface area (Å²) in [5, 5.41) is 0. The summed E-state index contributed by atoms with van der Waals surface area (Å²) in [7, 11) is 0. The van der Waals surface area contributed by atoms with Crippen molar-refractivity contribution in [3.63, 3.8) is 0 Å². The number of para-hydroxylation sites is 4. The SMILES string of the molecule is Cc1ccccc1N(c1cc2c3c(c1)N(c1ccccc1-c1ccc(C(C)(C)C)cc1)c1ccc(C(C)(C)C)cc1B3c1cc(C(C)(C)C)ccc1N2c1ccccc1F)c1ccccc1C. The Morgan fingerprint density at radius 3 is 1.34 bits per heavy atom. The number of fused-ring (bicyclic) bond motifs is 4. The lowest BCUT2D eigenvalue weighted by Gasteiger charge is -2.46. The van der Waals surface area contributed by atoms with E-state index in [2.05, 4.69) is 236 Å². The molecule has 8 aromatic carbocycles. The molecular formula is C62H61BFN3. The highest BCUT2D eigenvalue weighted by Crippen LogP contribution is 2.51. The summed E-state index contributed by atoms with van der Waals surface area (Å²) in [4.78, 5) is 7.12. The Morgan fingerprint density at radius 2 is 0.851 bits per heavy atom. The van der Waals surface area contributed by atoms with Crippen LogP contribution in [-0.2, 0) is 16.2 Å². The summed E-state index contributed by atoms with van der Waals surface area (Å²) in [6.07, 6.45) is 0. The highest BCUT2D eigenvalue weighted by atomic mass is 19.1. The molecule has 67 heavy (non-hydrogen) atoms. The fourth-order valence-corrected chi connectivity index (χ4v) is 10.3. The number of halogens is 1. The molecule has 2 aliphatic heterocycles. The van der Waals surface area contributed by atoms with E-state index in [0.717, 1.165) is 73.2 Å². The Labute approximate surface area is 398 Å². The summed E-state index contributed by atoms with van der Waals surface area (Å²) in [6.45, 7) is 24.8. The molecule has 2 heterocycles. The lowest BCUT2D eigenvalue weighted by atomic mass is 9.33. The first-order chi connectivity index (χ1) is 31.9. The number of nitrogens with zero attached hydrogens (tertiary/aromatic N) is 3. The summed E-state index contributed by atoms with van der Waals surface area (Å²) in [5.74, 6) is -0.271. The molecule has 0 radical (unpaired) electrons. The van der Waals surface area contributed by atoms with Gasteiger partial charge in [0.15, 0.2) is 0 Å². The van der Waals surface area contributed by atoms with Gasteiger partial charge in [-0.25, -0.2) is 4.39 Å². The van der Waals surface area contributed by atoms with Gasteiger partial charge in [0.1, 0.15) is 5.82 Å². The lowest BCUT2D eigenvalue weighted by molar-refractivity contribution is 0.590. The van der Waals surface area contributed by atoms with Crippen LogP contribution >= 0.6 is 0 Å². The monoisotopic (exact) mass is 877 g/mol. The van der Waals surface area contributed by atoms with Crippen LogP contribution in [-0.4, -0.2) is 6.71 Å². The summed E-state index contributed by atoms with van der Waals surface area (Å²) >= 11 is 0. The predicted molar refractivity (Wildman–Crippen MR) is 286 cm³/mol. The summed E-state index contributed by atoms with van der Waals surface area (Å²) in [5.41, 5.74) is 20.7. The number of aryl methyl sites for hydroxylation is 2. The van der Waals surface area contributed by atoms with E-state index in [-0.39, 0.29) is 28.8 Å². The van der Waals surface area contributed by atoms with Gasteiger partial charge < -0.3 is 14.7 Å². The van der Waals surface area contributed by atoms with E-state index in [4.69, 9.17) is 0 Å². The normalized spacial score (nSPS) is 13.3. The van der Waals surface area contributed by atoms with Crippen LogP contribution in [0.5, 0.6) is 0 Å². The molecule has 0 saturated heterocycles. The van der Waals surface area contributed by atoms with Crippen molar-refractivity contribution in [2.75, 3.05) is 14.7 Å². The number of benzene rings is 8. The molecule has 334 valence electrons. The fourth-order valence-electron chi connectivity index (χ4n) is 10.3. The first-order valence-corrected chi connectivity index (χ1v) is 23.8. The zero-order chi connectivity index (χ0) is 47.2. The van der Waals surface area contributed by atoms with Crippen LogP contribution in [0.1, 0.15) is 90.1 Å². The molecular weight excluding hydrogens is 817 g/mol. The molecule has 8 aromatic rings. The predicted octanol–water partition coefficient (Wildman–Crippen LogP) is 15.6. The highest BCUT2D eigenvalue weighted by Gasteiger charge is 2.45. The Morgan fingerprint density at radius 1 is 0.418 bits per heavy atom. The van der Waals surface area contributed by atoms with Gasteiger partial charge in [-0.15, -0.1) is 0 Å². The van der Waals surface area contributed by atoms with Crippen LogP contribution < -0.4 is 31.1 Å². The van der Waals surface area contributed by atoms with Gasteiger partial charge in [0.2, 0.25) is 0 Å². The third-order valence-corrected chi connectivity index (χ3v) is 14.1. The maximum atomic E-state index is 16.9. The van der Waals surface area contributed by atoms with Gasteiger partial charge in [-0.2, -0.15) is 0 Å². The van der Waals surface area contributed by atoms with E-state index < -0.39 is 0 Å². The second-order valence-electron chi connectivity index (χ2n) is 21.8. The minimum atomic E-state index is -0.271. The quantitative estimate of drug-likeness (QED) is 0.154. The average molecular weight is 878 g/mol. The molecule has 0 bridgehead atoms. The number of hydrogen-bond acceptors (Lipinski definition) is 3. The average Bonchev–Trinajstić information content (AvgIpc) is 3.29. The van der Waals surface area contributed by atoms with Crippen molar-refractivity contribution in [2.24, 2.45) is 0 Å². The Balaban J connectivity index is 1.37. The van der Waals surface area contributed by atoms with Gasteiger partial charge in [-0.1, -0.05) is 178 Å². The minimum absolute atomic E-state index is 0.0243. The maximum absolute atomic E-state index is 16.9. The molecule has 0 unspecified atom stereocenters. The molecule has 10 rings (SSSR count). The molecule has 0 aliphatic carbocycles. The Bertz CT molecular complexity index is 3160. The third kappa shape index (κ3) is 7.63. The van der Waals surface area contributed by atoms with E-state index in [1.54, 1.807) is 12.1 Å². The minimum Gasteiger partial charge on any atom is -0.311 e. The second-order valence-corrected chi connectivity index (χ2v) is 21.8. The zero-order valence-electron chi connectivity index (χ0n) is 41.0. The van der Waals surface area contributed by atoms with Crippen molar-refractivity contribution < 1.29 is 4.39 Å². The van der Waals surface area contributed by atoms with Crippen molar-refractivity contribution in [3.05, 3.63) is 203 Å². The molecule has 3 nitrogen and oxygen atoms in total. The summed E-state index contributed by atoms with van der Waals surface area (Å²) in [6, 6.07) is 61.3. The fraction of sp³-hybridized carbons (Fsp3) is 0.226. The van der Waals surface area contributed by atoms with E-state index >= 15 is 4.39 Å². The molecule has 0 aromatic heterocycles. The van der Waals surface area contributed by atoms with Crippen LogP contribution in [0.4, 0.5) is 55.6 Å². The number of anilines is 9. The Hall–Kier alpha value is -6.85. The molecule has 5 heteroatoms. The molecule has 2 aliphatic rings. The third-order valence-electron chi connectivity index (χ3n) is 14.1. The zero-order valence-corrected chi connectivity index (χ0v) is 41.0. The first-order valence-electron chi connectivity index (χ1n) is 23.8. The van der Waals surface area contributed by atoms with Crippen LogP contribution in [0.2, 0.25) is 0 Å². The summed E-state index contributed by atoms with van der Waals surface area (Å²) < 4.78 is 16.9. The smallest absolute Gasteiger partial charge is 0.252 e. The van der Waals surface area contributed by atoms with E-state index in [1.807, 2.05) is 12.1 Å². The van der Waals surface area contributed by atoms with Gasteiger partial charge in [0, 0.05) is 39.7 Å². The van der Waals surface area contributed by atoms with Crippen molar-refractivity contribution in [2.45, 2.75) is 92.4 Å². The first kappa shape index (κ1) is 44.0. The number of hydrogen-bond donors (Lipinski definition) is 0. The van der Waals surface area contributed by atoms with E-state index in [0.29, 0.717) is 5.69 Å². The molecule has 0 atom stereocenters. The van der Waals surface area contributed by atoms with Crippen LogP contribution in [0.3, 0.4) is 0 Å². The van der Waals surface area contributed by atoms with Crippen LogP contribution in [0.15, 0.2) is 170 Å². The maximum Gasteiger partial charge on any atom is 0.252 e. The largest absolute Gasteiger partial charge is 0.311 e. The van der Waals surface area contributed by atoms with Crippen molar-refractivity contribution >= 4 is 74.3 Å². The van der Waals surface area contributed by atoms with Gasteiger partial charge in [-0.3, -0.25) is 0 Å². The number of rotatable bonds is 6. The van der Waals surface area contributed by atoms with Gasteiger partial charge in [0.25, 0.3) is 6.71 Å². The Kier molecular flexibility index (Phi) is 10.6. The van der Waals surface area contributed by atoms with Gasteiger partial charge in [-0.05, 0) is 134 Å². The highest BCUT2D eigenvalue weighted by molar-refractivity contribution is 7.00. The molecule has 0 saturated carbocycles. The van der Waals surface area contributed by atoms with E-state index in [1.165, 1.54) is 27.6 Å². The van der Waals surface area contributed by atoms with Gasteiger partial charge in [0.05, 0.1) is 17.1 Å². The van der Waals surface area contributed by atoms with Crippen molar-refractivity contribution in [1.29, 1.82) is 0 Å². The topological polar surface area (TPSA) is 9.72 Å².